The third-order valence-corrected chi connectivity index (χ3v) is 4.24. The number of aliphatic hydroxyl groups is 1. The molecule has 0 saturated carbocycles. The predicted molar refractivity (Wildman–Crippen MR) is 94.2 cm³/mol. The second kappa shape index (κ2) is 10.8. The third-order valence-electron chi connectivity index (χ3n) is 4.24. The lowest BCUT2D eigenvalue weighted by atomic mass is 9.94. The van der Waals surface area contributed by atoms with Gasteiger partial charge in [-0.3, -0.25) is 4.99 Å². The minimum atomic E-state index is 0.255. The van der Waals surface area contributed by atoms with Crippen LogP contribution in [0.1, 0.15) is 40.0 Å². The topological polar surface area (TPSA) is 59.9 Å². The van der Waals surface area contributed by atoms with Crippen molar-refractivity contribution < 1.29 is 5.11 Å². The first-order valence-corrected chi connectivity index (χ1v) is 8.86. The zero-order chi connectivity index (χ0) is 16.4. The fourth-order valence-electron chi connectivity index (χ4n) is 3.13. The summed E-state index contributed by atoms with van der Waals surface area (Å²) in [6, 6.07) is 0. The molecule has 0 bridgehead atoms. The maximum absolute atomic E-state index is 9.21. The van der Waals surface area contributed by atoms with E-state index in [-0.39, 0.29) is 6.61 Å². The molecule has 5 nitrogen and oxygen atoms in total. The van der Waals surface area contributed by atoms with Gasteiger partial charge in [-0.2, -0.15) is 0 Å². The Bertz CT molecular complexity index is 320. The summed E-state index contributed by atoms with van der Waals surface area (Å²) >= 11 is 0. The lowest BCUT2D eigenvalue weighted by molar-refractivity contribution is 0.245. The highest BCUT2D eigenvalue weighted by molar-refractivity contribution is 5.79. The number of aliphatic imine (C=N–C) groups is 1. The molecule has 5 heteroatoms. The van der Waals surface area contributed by atoms with Gasteiger partial charge in [-0.05, 0) is 57.5 Å². The van der Waals surface area contributed by atoms with Crippen LogP contribution in [0.15, 0.2) is 4.99 Å². The van der Waals surface area contributed by atoms with E-state index in [0.717, 1.165) is 44.4 Å². The molecule has 1 aliphatic rings. The predicted octanol–water partition coefficient (Wildman–Crippen LogP) is 1.54. The van der Waals surface area contributed by atoms with Gasteiger partial charge in [0.15, 0.2) is 5.96 Å². The monoisotopic (exact) mass is 312 g/mol. The van der Waals surface area contributed by atoms with Crippen LogP contribution in [0.5, 0.6) is 0 Å². The molecule has 0 aromatic rings. The second-order valence-corrected chi connectivity index (χ2v) is 7.03. The number of aliphatic hydroxyl groups excluding tert-OH is 1. The first-order valence-electron chi connectivity index (χ1n) is 8.86. The summed E-state index contributed by atoms with van der Waals surface area (Å²) in [7, 11) is 2.19. The van der Waals surface area contributed by atoms with Crippen molar-refractivity contribution in [2.75, 3.05) is 46.4 Å². The molecule has 1 fully saturated rings. The minimum absolute atomic E-state index is 0.255. The van der Waals surface area contributed by atoms with Crippen LogP contribution in [0.25, 0.3) is 0 Å². The highest BCUT2D eigenvalue weighted by Gasteiger charge is 2.19. The van der Waals surface area contributed by atoms with Gasteiger partial charge in [0, 0.05) is 32.8 Å². The molecule has 1 saturated heterocycles. The van der Waals surface area contributed by atoms with Gasteiger partial charge in [0.25, 0.3) is 0 Å². The SMILES string of the molecule is CCNC(=NCC(CCO)CC(C)C)NCC1CCN(C)C1. The summed E-state index contributed by atoms with van der Waals surface area (Å²) in [4.78, 5) is 7.12. The molecule has 1 heterocycles. The van der Waals surface area contributed by atoms with E-state index in [2.05, 4.69) is 43.4 Å². The van der Waals surface area contributed by atoms with Gasteiger partial charge in [0.05, 0.1) is 0 Å². The largest absolute Gasteiger partial charge is 0.396 e. The Hall–Kier alpha value is -0.810. The molecule has 2 atom stereocenters. The molecule has 0 radical (unpaired) electrons. The molecule has 3 N–H and O–H groups in total. The van der Waals surface area contributed by atoms with E-state index in [4.69, 9.17) is 4.99 Å². The molecular formula is C17H36N4O. The molecule has 2 unspecified atom stereocenters. The molecule has 22 heavy (non-hydrogen) atoms. The summed E-state index contributed by atoms with van der Waals surface area (Å²) in [5, 5.41) is 16.0. The van der Waals surface area contributed by atoms with E-state index < -0.39 is 0 Å². The van der Waals surface area contributed by atoms with Gasteiger partial charge < -0.3 is 20.6 Å². The molecule has 0 aliphatic carbocycles. The van der Waals surface area contributed by atoms with Crippen LogP contribution in [0, 0.1) is 17.8 Å². The van der Waals surface area contributed by atoms with Crippen LogP contribution in [-0.2, 0) is 0 Å². The Morgan fingerprint density at radius 2 is 2.14 bits per heavy atom. The molecular weight excluding hydrogens is 276 g/mol. The molecule has 0 spiro atoms. The Labute approximate surface area is 136 Å². The third kappa shape index (κ3) is 7.99. The van der Waals surface area contributed by atoms with Crippen LogP contribution >= 0.6 is 0 Å². The maximum atomic E-state index is 9.21. The second-order valence-electron chi connectivity index (χ2n) is 7.03. The highest BCUT2D eigenvalue weighted by atomic mass is 16.3. The van der Waals surface area contributed by atoms with E-state index in [9.17, 15) is 5.11 Å². The number of nitrogens with zero attached hydrogens (tertiary/aromatic N) is 2. The fraction of sp³-hybridized carbons (Fsp3) is 0.941. The Morgan fingerprint density at radius 3 is 2.68 bits per heavy atom. The number of rotatable bonds is 9. The Balaban J connectivity index is 2.44. The quantitative estimate of drug-likeness (QED) is 0.446. The average molecular weight is 313 g/mol. The van der Waals surface area contributed by atoms with Gasteiger partial charge in [-0.25, -0.2) is 0 Å². The van der Waals surface area contributed by atoms with E-state index in [1.807, 2.05) is 0 Å². The lowest BCUT2D eigenvalue weighted by Gasteiger charge is -2.18. The highest BCUT2D eigenvalue weighted by Crippen LogP contribution is 2.16. The summed E-state index contributed by atoms with van der Waals surface area (Å²) < 4.78 is 0. The van der Waals surface area contributed by atoms with Crippen molar-refractivity contribution in [2.24, 2.45) is 22.7 Å². The van der Waals surface area contributed by atoms with E-state index in [1.165, 1.54) is 19.5 Å². The summed E-state index contributed by atoms with van der Waals surface area (Å²) in [5.74, 6) is 2.76. The zero-order valence-electron chi connectivity index (χ0n) is 14.9. The number of hydrogen-bond acceptors (Lipinski definition) is 3. The maximum Gasteiger partial charge on any atom is 0.191 e. The zero-order valence-corrected chi connectivity index (χ0v) is 14.9. The van der Waals surface area contributed by atoms with Crippen LogP contribution in [0.2, 0.25) is 0 Å². The van der Waals surface area contributed by atoms with Gasteiger partial charge in [-0.1, -0.05) is 13.8 Å². The van der Waals surface area contributed by atoms with Gasteiger partial charge in [0.2, 0.25) is 0 Å². The summed E-state index contributed by atoms with van der Waals surface area (Å²) in [6.07, 6.45) is 3.23. The minimum Gasteiger partial charge on any atom is -0.396 e. The van der Waals surface area contributed by atoms with Crippen LogP contribution in [0.4, 0.5) is 0 Å². The van der Waals surface area contributed by atoms with Crippen LogP contribution < -0.4 is 10.6 Å². The van der Waals surface area contributed by atoms with Crippen molar-refractivity contribution in [1.29, 1.82) is 0 Å². The van der Waals surface area contributed by atoms with Crippen molar-refractivity contribution in [1.82, 2.24) is 15.5 Å². The summed E-state index contributed by atoms with van der Waals surface area (Å²) in [5.41, 5.74) is 0. The molecule has 0 aromatic heterocycles. The first-order chi connectivity index (χ1) is 10.5. The van der Waals surface area contributed by atoms with Crippen molar-refractivity contribution in [3.05, 3.63) is 0 Å². The van der Waals surface area contributed by atoms with Crippen molar-refractivity contribution in [3.63, 3.8) is 0 Å². The van der Waals surface area contributed by atoms with Crippen molar-refractivity contribution in [3.8, 4) is 0 Å². The molecule has 0 amide bonds. The van der Waals surface area contributed by atoms with Crippen molar-refractivity contribution in [2.45, 2.75) is 40.0 Å². The Morgan fingerprint density at radius 1 is 1.36 bits per heavy atom. The van der Waals surface area contributed by atoms with Gasteiger partial charge >= 0.3 is 0 Å². The molecule has 1 rings (SSSR count). The molecule has 0 aromatic carbocycles. The van der Waals surface area contributed by atoms with Gasteiger partial charge in [0.1, 0.15) is 0 Å². The molecule has 1 aliphatic heterocycles. The number of nitrogens with one attached hydrogen (secondary N) is 2. The number of guanidine groups is 1. The smallest absolute Gasteiger partial charge is 0.191 e. The fourth-order valence-corrected chi connectivity index (χ4v) is 3.13. The standard InChI is InChI=1S/C17H36N4O/c1-5-18-17(20-12-16-6-8-21(4)13-16)19-11-15(7-9-22)10-14(2)3/h14-16,22H,5-13H2,1-4H3,(H2,18,19,20). The van der Waals surface area contributed by atoms with E-state index >= 15 is 0 Å². The lowest BCUT2D eigenvalue weighted by Crippen LogP contribution is -2.40. The van der Waals surface area contributed by atoms with Crippen LogP contribution in [0.3, 0.4) is 0 Å². The molecule has 130 valence electrons. The number of hydrogen-bond donors (Lipinski definition) is 3. The van der Waals surface area contributed by atoms with Crippen LogP contribution in [-0.4, -0.2) is 62.3 Å². The average Bonchev–Trinajstić information content (AvgIpc) is 2.87. The summed E-state index contributed by atoms with van der Waals surface area (Å²) in [6.45, 7) is 11.8. The van der Waals surface area contributed by atoms with E-state index in [0.29, 0.717) is 11.8 Å². The Kier molecular flexibility index (Phi) is 9.48. The first kappa shape index (κ1) is 19.2. The normalized spacial score (nSPS) is 21.4. The van der Waals surface area contributed by atoms with Crippen molar-refractivity contribution >= 4 is 5.96 Å². The van der Waals surface area contributed by atoms with Gasteiger partial charge in [-0.15, -0.1) is 0 Å². The van der Waals surface area contributed by atoms with E-state index in [1.54, 1.807) is 0 Å². The number of likely N-dealkylation sites (tertiary alicyclic amines) is 1.